The van der Waals surface area contributed by atoms with E-state index in [1.54, 1.807) is 0 Å². The number of hydrogen-bond acceptors (Lipinski definition) is 6. The van der Waals surface area contributed by atoms with Crippen molar-refractivity contribution in [3.8, 4) is 0 Å². The van der Waals surface area contributed by atoms with E-state index in [0.717, 1.165) is 0 Å². The highest BCUT2D eigenvalue weighted by Crippen LogP contribution is 2.39. The van der Waals surface area contributed by atoms with Gasteiger partial charge in [0.2, 0.25) is 5.79 Å². The molecule has 2 aliphatic heterocycles. The number of aliphatic hydroxyl groups is 2. The smallest absolute Gasteiger partial charge is 0.221 e. The second-order valence-corrected chi connectivity index (χ2v) is 12.7. The van der Waals surface area contributed by atoms with Gasteiger partial charge in [0, 0.05) is 0 Å². The molecule has 0 saturated carbocycles. The van der Waals surface area contributed by atoms with Crippen LogP contribution < -0.4 is 0 Å². The van der Waals surface area contributed by atoms with Crippen LogP contribution in [0.5, 0.6) is 0 Å². The van der Waals surface area contributed by atoms with Gasteiger partial charge in [0.25, 0.3) is 0 Å². The summed E-state index contributed by atoms with van der Waals surface area (Å²) in [7, 11) is -1.94. The van der Waals surface area contributed by atoms with Gasteiger partial charge in [0.1, 0.15) is 24.9 Å². The molecule has 1 spiro atoms. The third-order valence-electron chi connectivity index (χ3n) is 5.05. The first-order chi connectivity index (χ1) is 9.98. The first-order valence-corrected chi connectivity index (χ1v) is 10.8. The number of aliphatic hydroxyl groups excluding tert-OH is 2. The van der Waals surface area contributed by atoms with Crippen LogP contribution in [-0.2, 0) is 18.6 Å². The highest BCUT2D eigenvalue weighted by Gasteiger charge is 2.57. The molecule has 5 atom stereocenters. The van der Waals surface area contributed by atoms with Crippen molar-refractivity contribution in [2.45, 2.75) is 76.0 Å². The normalized spacial score (nSPS) is 40.4. The molecule has 6 nitrogen and oxygen atoms in total. The van der Waals surface area contributed by atoms with Crippen LogP contribution in [0.1, 0.15) is 27.7 Å². The lowest BCUT2D eigenvalue weighted by Crippen LogP contribution is -2.54. The fourth-order valence-electron chi connectivity index (χ4n) is 2.34. The van der Waals surface area contributed by atoms with E-state index in [1.807, 2.05) is 6.92 Å². The van der Waals surface area contributed by atoms with Crippen LogP contribution in [0.2, 0.25) is 18.1 Å². The molecule has 0 aromatic heterocycles. The maximum absolute atomic E-state index is 10.3. The summed E-state index contributed by atoms with van der Waals surface area (Å²) in [6, 6.07) is 0. The van der Waals surface area contributed by atoms with E-state index in [4.69, 9.17) is 18.6 Å². The van der Waals surface area contributed by atoms with E-state index in [1.165, 1.54) is 0 Å². The van der Waals surface area contributed by atoms with Gasteiger partial charge >= 0.3 is 0 Å². The standard InChI is InChI=1S/C15H30O6Si/c1-10-7-19-15(9-18-10)13(17)12(16)11(21-15)8-20-22(5,6)14(2,3)4/h10-13,16-17H,7-9H2,1-6H3/t10?,11-,12-,13+,15-/m1/s1. The minimum absolute atomic E-state index is 0.0406. The minimum atomic E-state index is -1.94. The zero-order chi connectivity index (χ0) is 16.8. The molecule has 0 aliphatic carbocycles. The quantitative estimate of drug-likeness (QED) is 0.757. The Morgan fingerprint density at radius 1 is 1.27 bits per heavy atom. The minimum Gasteiger partial charge on any atom is -0.414 e. The Labute approximate surface area is 133 Å². The molecule has 22 heavy (non-hydrogen) atoms. The van der Waals surface area contributed by atoms with E-state index in [-0.39, 0.29) is 24.4 Å². The van der Waals surface area contributed by atoms with Crippen LogP contribution in [0.4, 0.5) is 0 Å². The van der Waals surface area contributed by atoms with Gasteiger partial charge in [-0.25, -0.2) is 0 Å². The van der Waals surface area contributed by atoms with Crippen LogP contribution in [0.25, 0.3) is 0 Å². The molecule has 2 saturated heterocycles. The number of hydrogen-bond donors (Lipinski definition) is 2. The molecule has 7 heteroatoms. The van der Waals surface area contributed by atoms with Gasteiger partial charge in [-0.15, -0.1) is 0 Å². The summed E-state index contributed by atoms with van der Waals surface area (Å²) >= 11 is 0. The fourth-order valence-corrected chi connectivity index (χ4v) is 3.36. The highest BCUT2D eigenvalue weighted by molar-refractivity contribution is 6.74. The first-order valence-electron chi connectivity index (χ1n) is 7.92. The van der Waals surface area contributed by atoms with Crippen molar-refractivity contribution in [1.82, 2.24) is 0 Å². The molecular formula is C15H30O6Si. The molecule has 0 radical (unpaired) electrons. The summed E-state index contributed by atoms with van der Waals surface area (Å²) in [6.07, 6.45) is -2.82. The summed E-state index contributed by atoms with van der Waals surface area (Å²) in [5, 5.41) is 20.6. The lowest BCUT2D eigenvalue weighted by Gasteiger charge is -2.38. The first kappa shape index (κ1) is 18.3. The zero-order valence-electron chi connectivity index (χ0n) is 14.5. The lowest BCUT2D eigenvalue weighted by molar-refractivity contribution is -0.322. The Bertz CT molecular complexity index is 386. The molecule has 2 N–H and O–H groups in total. The van der Waals surface area contributed by atoms with Crippen molar-refractivity contribution >= 4 is 8.32 Å². The van der Waals surface area contributed by atoms with Crippen LogP contribution in [0, 0.1) is 0 Å². The molecular weight excluding hydrogens is 304 g/mol. The largest absolute Gasteiger partial charge is 0.414 e. The Hall–Kier alpha value is -0.0231. The van der Waals surface area contributed by atoms with Crippen molar-refractivity contribution in [1.29, 1.82) is 0 Å². The SMILES string of the molecule is CC1CO[C@]2(CO1)O[C@H](CO[Si](C)(C)C(C)(C)C)[C@@H](O)[C@@H]2O. The van der Waals surface area contributed by atoms with E-state index in [9.17, 15) is 10.2 Å². The van der Waals surface area contributed by atoms with Crippen LogP contribution in [0.3, 0.4) is 0 Å². The van der Waals surface area contributed by atoms with Gasteiger partial charge in [0.05, 0.1) is 19.3 Å². The second kappa shape index (κ2) is 6.12. The number of rotatable bonds is 3. The summed E-state index contributed by atoms with van der Waals surface area (Å²) in [4.78, 5) is 0. The molecule has 0 bridgehead atoms. The second-order valence-electron chi connectivity index (χ2n) is 7.91. The van der Waals surface area contributed by atoms with Gasteiger partial charge in [-0.2, -0.15) is 0 Å². The highest BCUT2D eigenvalue weighted by atomic mass is 28.4. The van der Waals surface area contributed by atoms with Crippen molar-refractivity contribution in [2.75, 3.05) is 19.8 Å². The third kappa shape index (κ3) is 3.40. The third-order valence-corrected chi connectivity index (χ3v) is 9.55. The monoisotopic (exact) mass is 334 g/mol. The van der Waals surface area contributed by atoms with Gasteiger partial charge in [-0.05, 0) is 25.1 Å². The molecule has 130 valence electrons. The molecule has 2 heterocycles. The molecule has 0 aromatic rings. The van der Waals surface area contributed by atoms with Crippen molar-refractivity contribution in [3.63, 3.8) is 0 Å². The fraction of sp³-hybridized carbons (Fsp3) is 1.00. The average Bonchev–Trinajstić information content (AvgIpc) is 2.64. The molecule has 0 amide bonds. The zero-order valence-corrected chi connectivity index (χ0v) is 15.5. The Morgan fingerprint density at radius 2 is 1.91 bits per heavy atom. The van der Waals surface area contributed by atoms with Gasteiger partial charge in [0.15, 0.2) is 8.32 Å². The summed E-state index contributed by atoms with van der Waals surface area (Å²) < 4.78 is 23.1. The van der Waals surface area contributed by atoms with Crippen LogP contribution >= 0.6 is 0 Å². The number of ether oxygens (including phenoxy) is 3. The maximum atomic E-state index is 10.3. The van der Waals surface area contributed by atoms with E-state index < -0.39 is 32.4 Å². The van der Waals surface area contributed by atoms with Crippen LogP contribution in [-0.4, -0.2) is 68.6 Å². The lowest BCUT2D eigenvalue weighted by atomic mass is 10.1. The van der Waals surface area contributed by atoms with Crippen molar-refractivity contribution in [3.05, 3.63) is 0 Å². The molecule has 2 aliphatic rings. The topological polar surface area (TPSA) is 77.4 Å². The molecule has 1 unspecified atom stereocenters. The van der Waals surface area contributed by atoms with E-state index in [0.29, 0.717) is 6.61 Å². The van der Waals surface area contributed by atoms with E-state index >= 15 is 0 Å². The molecule has 2 rings (SSSR count). The maximum Gasteiger partial charge on any atom is 0.221 e. The van der Waals surface area contributed by atoms with Crippen molar-refractivity contribution in [2.24, 2.45) is 0 Å². The summed E-state index contributed by atoms with van der Waals surface area (Å²) in [5.74, 6) is -1.27. The molecule has 2 fully saturated rings. The Balaban J connectivity index is 1.99. The average molecular weight is 334 g/mol. The Kier molecular flexibility index (Phi) is 5.10. The van der Waals surface area contributed by atoms with Gasteiger partial charge in [-0.3, -0.25) is 0 Å². The van der Waals surface area contributed by atoms with Crippen molar-refractivity contribution < 1.29 is 28.8 Å². The van der Waals surface area contributed by atoms with Gasteiger partial charge < -0.3 is 28.8 Å². The predicted molar refractivity (Wildman–Crippen MR) is 84.1 cm³/mol. The van der Waals surface area contributed by atoms with Crippen LogP contribution in [0.15, 0.2) is 0 Å². The van der Waals surface area contributed by atoms with E-state index in [2.05, 4.69) is 33.9 Å². The summed E-state index contributed by atoms with van der Waals surface area (Å²) in [5.41, 5.74) is 0. The van der Waals surface area contributed by atoms with Gasteiger partial charge in [-0.1, -0.05) is 20.8 Å². The Morgan fingerprint density at radius 3 is 2.41 bits per heavy atom. The predicted octanol–water partition coefficient (Wildman–Crippen LogP) is 1.26. The molecule has 0 aromatic carbocycles. The summed E-state index contributed by atoms with van der Waals surface area (Å²) in [6.45, 7) is 13.3.